The van der Waals surface area contributed by atoms with Crippen LogP contribution in [0.25, 0.3) is 0 Å². The first kappa shape index (κ1) is 14.3. The lowest BCUT2D eigenvalue weighted by Crippen LogP contribution is -2.15. The third kappa shape index (κ3) is 3.18. The Balaban J connectivity index is 1.80. The molecule has 0 aromatic heterocycles. The first-order chi connectivity index (χ1) is 10.1. The predicted molar refractivity (Wildman–Crippen MR) is 79.2 cm³/mol. The maximum atomic E-state index is 13.7. The fourth-order valence-corrected chi connectivity index (χ4v) is 2.89. The van der Waals surface area contributed by atoms with Gasteiger partial charge in [0, 0.05) is 10.9 Å². The zero-order chi connectivity index (χ0) is 14.8. The van der Waals surface area contributed by atoms with Crippen LogP contribution < -0.4 is 9.47 Å². The first-order valence-corrected chi connectivity index (χ1v) is 7.52. The Labute approximate surface area is 129 Å². The van der Waals surface area contributed by atoms with Crippen LogP contribution in [0.1, 0.15) is 16.0 Å². The lowest BCUT2D eigenvalue weighted by atomic mass is 10.0. The number of halogens is 3. The SMILES string of the molecule is Fc1ccc(CC(Br)c2ccc3c(c2)OCCO3)c(F)c1. The second-order valence-electron chi connectivity index (χ2n) is 4.81. The van der Waals surface area contributed by atoms with Crippen LogP contribution in [-0.4, -0.2) is 13.2 Å². The molecule has 0 N–H and O–H groups in total. The highest BCUT2D eigenvalue weighted by Gasteiger charge is 2.17. The second kappa shape index (κ2) is 6.02. The molecule has 1 heterocycles. The van der Waals surface area contributed by atoms with Crippen LogP contribution in [-0.2, 0) is 6.42 Å². The lowest BCUT2D eigenvalue weighted by molar-refractivity contribution is 0.171. The predicted octanol–water partition coefficient (Wildman–Crippen LogP) is 4.41. The van der Waals surface area contributed by atoms with E-state index in [1.807, 2.05) is 18.2 Å². The lowest BCUT2D eigenvalue weighted by Gasteiger charge is -2.20. The summed E-state index contributed by atoms with van der Waals surface area (Å²) in [5.74, 6) is 0.319. The summed E-state index contributed by atoms with van der Waals surface area (Å²) in [5, 5.41) is 0. The Kier molecular flexibility index (Phi) is 4.10. The third-order valence-electron chi connectivity index (χ3n) is 3.34. The van der Waals surface area contributed by atoms with Gasteiger partial charge in [-0.2, -0.15) is 0 Å². The molecule has 0 aliphatic carbocycles. The van der Waals surface area contributed by atoms with E-state index in [0.29, 0.717) is 30.9 Å². The fraction of sp³-hybridized carbons (Fsp3) is 0.250. The highest BCUT2D eigenvalue weighted by atomic mass is 79.9. The van der Waals surface area contributed by atoms with Crippen molar-refractivity contribution in [3.05, 3.63) is 59.2 Å². The van der Waals surface area contributed by atoms with Crippen molar-refractivity contribution < 1.29 is 18.3 Å². The number of fused-ring (bicyclic) bond motifs is 1. The molecule has 0 fully saturated rings. The van der Waals surface area contributed by atoms with Crippen molar-refractivity contribution in [3.63, 3.8) is 0 Å². The van der Waals surface area contributed by atoms with Crippen LogP contribution in [0.15, 0.2) is 36.4 Å². The van der Waals surface area contributed by atoms with E-state index in [2.05, 4.69) is 15.9 Å². The Morgan fingerprint density at radius 1 is 1.00 bits per heavy atom. The van der Waals surface area contributed by atoms with E-state index in [0.717, 1.165) is 17.4 Å². The number of alkyl halides is 1. The van der Waals surface area contributed by atoms with Crippen molar-refractivity contribution in [3.8, 4) is 11.5 Å². The van der Waals surface area contributed by atoms with Gasteiger partial charge in [-0.25, -0.2) is 8.78 Å². The normalized spacial score (nSPS) is 14.8. The molecule has 3 rings (SSSR count). The van der Waals surface area contributed by atoms with Gasteiger partial charge in [0.1, 0.15) is 24.8 Å². The molecule has 110 valence electrons. The van der Waals surface area contributed by atoms with Crippen LogP contribution in [0.5, 0.6) is 11.5 Å². The maximum Gasteiger partial charge on any atom is 0.161 e. The van der Waals surface area contributed by atoms with Gasteiger partial charge < -0.3 is 9.47 Å². The summed E-state index contributed by atoms with van der Waals surface area (Å²) in [4.78, 5) is -0.0895. The zero-order valence-electron chi connectivity index (χ0n) is 11.1. The van der Waals surface area contributed by atoms with E-state index in [1.165, 1.54) is 12.1 Å². The van der Waals surface area contributed by atoms with E-state index in [1.54, 1.807) is 0 Å². The van der Waals surface area contributed by atoms with Crippen molar-refractivity contribution in [1.29, 1.82) is 0 Å². The average Bonchev–Trinajstić information content (AvgIpc) is 2.49. The molecular weight excluding hydrogens is 342 g/mol. The molecule has 2 aromatic rings. The van der Waals surface area contributed by atoms with Gasteiger partial charge >= 0.3 is 0 Å². The number of hydrogen-bond acceptors (Lipinski definition) is 2. The summed E-state index contributed by atoms with van der Waals surface area (Å²) >= 11 is 3.55. The van der Waals surface area contributed by atoms with E-state index in [-0.39, 0.29) is 4.83 Å². The molecule has 0 spiro atoms. The minimum atomic E-state index is -0.568. The number of benzene rings is 2. The summed E-state index contributed by atoms with van der Waals surface area (Å²) in [5.41, 5.74) is 1.43. The first-order valence-electron chi connectivity index (χ1n) is 6.61. The molecule has 0 saturated heterocycles. The van der Waals surface area contributed by atoms with E-state index in [4.69, 9.17) is 9.47 Å². The summed E-state index contributed by atoms with van der Waals surface area (Å²) in [7, 11) is 0. The molecule has 0 amide bonds. The maximum absolute atomic E-state index is 13.7. The van der Waals surface area contributed by atoms with Gasteiger partial charge in [-0.1, -0.05) is 28.1 Å². The Morgan fingerprint density at radius 3 is 2.52 bits per heavy atom. The Morgan fingerprint density at radius 2 is 1.76 bits per heavy atom. The Hall–Kier alpha value is -1.62. The third-order valence-corrected chi connectivity index (χ3v) is 4.19. The smallest absolute Gasteiger partial charge is 0.161 e. The van der Waals surface area contributed by atoms with Crippen LogP contribution >= 0.6 is 15.9 Å². The topological polar surface area (TPSA) is 18.5 Å². The van der Waals surface area contributed by atoms with Crippen molar-refractivity contribution in [1.82, 2.24) is 0 Å². The molecule has 1 aliphatic rings. The molecule has 21 heavy (non-hydrogen) atoms. The van der Waals surface area contributed by atoms with Crippen LogP contribution in [0, 0.1) is 11.6 Å². The van der Waals surface area contributed by atoms with E-state index < -0.39 is 11.6 Å². The highest BCUT2D eigenvalue weighted by molar-refractivity contribution is 9.09. The summed E-state index contributed by atoms with van der Waals surface area (Å²) in [6.07, 6.45) is 0.422. The quantitative estimate of drug-likeness (QED) is 0.760. The minimum Gasteiger partial charge on any atom is -0.486 e. The summed E-state index contributed by atoms with van der Waals surface area (Å²) in [6, 6.07) is 9.28. The van der Waals surface area contributed by atoms with E-state index in [9.17, 15) is 8.78 Å². The van der Waals surface area contributed by atoms with Crippen LogP contribution in [0.4, 0.5) is 8.78 Å². The molecule has 2 nitrogen and oxygen atoms in total. The van der Waals surface area contributed by atoms with Crippen molar-refractivity contribution in [2.24, 2.45) is 0 Å². The van der Waals surface area contributed by atoms with Gasteiger partial charge in [-0.3, -0.25) is 0 Å². The Bertz CT molecular complexity index is 661. The average molecular weight is 355 g/mol. The van der Waals surface area contributed by atoms with Crippen molar-refractivity contribution >= 4 is 15.9 Å². The molecule has 1 aliphatic heterocycles. The molecule has 1 atom stereocenters. The molecule has 2 aromatic carbocycles. The van der Waals surface area contributed by atoms with E-state index >= 15 is 0 Å². The standard InChI is InChI=1S/C16H13BrF2O2/c17-13(7-11-1-3-12(18)9-14(11)19)10-2-4-15-16(8-10)21-6-5-20-15/h1-4,8-9,13H,5-7H2. The highest BCUT2D eigenvalue weighted by Crippen LogP contribution is 2.36. The van der Waals surface area contributed by atoms with Crippen molar-refractivity contribution in [2.75, 3.05) is 13.2 Å². The molecular formula is C16H13BrF2O2. The van der Waals surface area contributed by atoms with Gasteiger partial charge in [0.15, 0.2) is 11.5 Å². The fourth-order valence-electron chi connectivity index (χ4n) is 2.25. The van der Waals surface area contributed by atoms with Gasteiger partial charge in [0.2, 0.25) is 0 Å². The van der Waals surface area contributed by atoms with Gasteiger partial charge in [0.25, 0.3) is 0 Å². The van der Waals surface area contributed by atoms with Gasteiger partial charge in [0.05, 0.1) is 0 Å². The zero-order valence-corrected chi connectivity index (χ0v) is 12.7. The molecule has 0 saturated carbocycles. The number of hydrogen-bond donors (Lipinski definition) is 0. The van der Waals surface area contributed by atoms with Gasteiger partial charge in [-0.05, 0) is 35.7 Å². The number of rotatable bonds is 3. The van der Waals surface area contributed by atoms with Gasteiger partial charge in [-0.15, -0.1) is 0 Å². The van der Waals surface area contributed by atoms with Crippen molar-refractivity contribution in [2.45, 2.75) is 11.2 Å². The largest absolute Gasteiger partial charge is 0.486 e. The molecule has 1 unspecified atom stereocenters. The molecule has 0 bridgehead atoms. The summed E-state index contributed by atoms with van der Waals surface area (Å²) in [6.45, 7) is 1.07. The molecule has 0 radical (unpaired) electrons. The summed E-state index contributed by atoms with van der Waals surface area (Å²) < 4.78 is 37.6. The van der Waals surface area contributed by atoms with Crippen LogP contribution in [0.2, 0.25) is 0 Å². The van der Waals surface area contributed by atoms with Crippen LogP contribution in [0.3, 0.4) is 0 Å². The minimum absolute atomic E-state index is 0.0895. The molecule has 5 heteroatoms. The second-order valence-corrected chi connectivity index (χ2v) is 5.92. The number of ether oxygens (including phenoxy) is 2. The monoisotopic (exact) mass is 354 g/mol.